The standard InChI is InChI=1S/C15H21N3O3/c1-2-10(9-14(16)18-20)17-15(19)12-7-8-21-13-6-4-3-5-11(12)13/h3-6,10,12,20H,2,7-9H2,1H3,(H2,16,18)(H,17,19). The lowest BCUT2D eigenvalue weighted by atomic mass is 9.92. The molecule has 0 fully saturated rings. The first-order chi connectivity index (χ1) is 10.2. The molecule has 0 aliphatic carbocycles. The highest BCUT2D eigenvalue weighted by Crippen LogP contribution is 2.33. The van der Waals surface area contributed by atoms with Crippen LogP contribution in [0.25, 0.3) is 0 Å². The van der Waals surface area contributed by atoms with Crippen LogP contribution < -0.4 is 15.8 Å². The number of para-hydroxylation sites is 1. The number of hydrogen-bond acceptors (Lipinski definition) is 4. The zero-order chi connectivity index (χ0) is 15.2. The number of ether oxygens (including phenoxy) is 1. The van der Waals surface area contributed by atoms with Gasteiger partial charge in [0.2, 0.25) is 5.91 Å². The summed E-state index contributed by atoms with van der Waals surface area (Å²) in [5, 5.41) is 14.6. The van der Waals surface area contributed by atoms with Crippen LogP contribution in [-0.4, -0.2) is 29.6 Å². The molecule has 0 radical (unpaired) electrons. The topological polar surface area (TPSA) is 96.9 Å². The van der Waals surface area contributed by atoms with Crippen LogP contribution in [0.15, 0.2) is 29.4 Å². The van der Waals surface area contributed by atoms with Crippen molar-refractivity contribution >= 4 is 11.7 Å². The number of fused-ring (bicyclic) bond motifs is 1. The molecule has 1 aliphatic heterocycles. The first-order valence-corrected chi connectivity index (χ1v) is 7.14. The molecule has 21 heavy (non-hydrogen) atoms. The van der Waals surface area contributed by atoms with E-state index in [4.69, 9.17) is 15.7 Å². The van der Waals surface area contributed by atoms with Crippen LogP contribution in [0.1, 0.15) is 37.7 Å². The van der Waals surface area contributed by atoms with Gasteiger partial charge in [-0.05, 0) is 18.9 Å². The Hall–Kier alpha value is -2.24. The summed E-state index contributed by atoms with van der Waals surface area (Å²) in [7, 11) is 0. The summed E-state index contributed by atoms with van der Waals surface area (Å²) in [5.74, 6) is 0.641. The second kappa shape index (κ2) is 6.97. The molecule has 2 atom stereocenters. The van der Waals surface area contributed by atoms with Crippen LogP contribution in [0.3, 0.4) is 0 Å². The number of amides is 1. The number of carbonyl (C=O) groups excluding carboxylic acids is 1. The highest BCUT2D eigenvalue weighted by molar-refractivity contribution is 5.86. The molecule has 114 valence electrons. The second-order valence-electron chi connectivity index (χ2n) is 5.14. The van der Waals surface area contributed by atoms with Gasteiger partial charge in [0, 0.05) is 18.0 Å². The number of nitrogens with one attached hydrogen (secondary N) is 1. The Bertz CT molecular complexity index is 531. The van der Waals surface area contributed by atoms with Crippen molar-refractivity contribution in [2.45, 2.75) is 38.1 Å². The molecule has 0 aromatic heterocycles. The number of hydrogen-bond donors (Lipinski definition) is 3. The minimum atomic E-state index is -0.212. The molecule has 6 nitrogen and oxygen atoms in total. The Morgan fingerprint density at radius 3 is 3.05 bits per heavy atom. The van der Waals surface area contributed by atoms with Gasteiger partial charge < -0.3 is 21.0 Å². The van der Waals surface area contributed by atoms with Crippen LogP contribution >= 0.6 is 0 Å². The summed E-state index contributed by atoms with van der Waals surface area (Å²) < 4.78 is 5.56. The third-order valence-corrected chi connectivity index (χ3v) is 3.70. The van der Waals surface area contributed by atoms with Crippen molar-refractivity contribution in [2.75, 3.05) is 6.61 Å². The molecule has 2 unspecified atom stereocenters. The maximum absolute atomic E-state index is 12.5. The first kappa shape index (κ1) is 15.2. The molecule has 1 aromatic carbocycles. The zero-order valence-electron chi connectivity index (χ0n) is 12.1. The summed E-state index contributed by atoms with van der Waals surface area (Å²) in [6.45, 7) is 2.49. The van der Waals surface area contributed by atoms with Crippen LogP contribution in [-0.2, 0) is 4.79 Å². The molecule has 1 aromatic rings. The van der Waals surface area contributed by atoms with E-state index in [9.17, 15) is 4.79 Å². The maximum atomic E-state index is 12.5. The van der Waals surface area contributed by atoms with Crippen LogP contribution in [0, 0.1) is 0 Å². The van der Waals surface area contributed by atoms with Gasteiger partial charge in [0.05, 0.1) is 12.5 Å². The number of nitrogens with zero attached hydrogens (tertiary/aromatic N) is 1. The summed E-state index contributed by atoms with van der Waals surface area (Å²) in [6, 6.07) is 7.46. The Morgan fingerprint density at radius 1 is 1.57 bits per heavy atom. The number of rotatable bonds is 5. The molecule has 1 amide bonds. The van der Waals surface area contributed by atoms with E-state index in [1.165, 1.54) is 0 Å². The summed E-state index contributed by atoms with van der Waals surface area (Å²) in [4.78, 5) is 12.5. The largest absolute Gasteiger partial charge is 0.493 e. The van der Waals surface area contributed by atoms with E-state index in [0.29, 0.717) is 25.9 Å². The zero-order valence-corrected chi connectivity index (χ0v) is 12.1. The molecule has 2 rings (SSSR count). The Balaban J connectivity index is 2.07. The van der Waals surface area contributed by atoms with E-state index in [-0.39, 0.29) is 23.7 Å². The van der Waals surface area contributed by atoms with Gasteiger partial charge in [-0.2, -0.15) is 0 Å². The smallest absolute Gasteiger partial charge is 0.228 e. The van der Waals surface area contributed by atoms with Crippen molar-refractivity contribution in [2.24, 2.45) is 10.9 Å². The van der Waals surface area contributed by atoms with Gasteiger partial charge in [-0.25, -0.2) is 0 Å². The SMILES string of the molecule is CCC(CC(N)=NO)NC(=O)C1CCOc2ccccc21. The number of carbonyl (C=O) groups is 1. The fraction of sp³-hybridized carbons (Fsp3) is 0.467. The predicted molar refractivity (Wildman–Crippen MR) is 79.5 cm³/mol. The van der Waals surface area contributed by atoms with Crippen molar-refractivity contribution in [1.29, 1.82) is 0 Å². The predicted octanol–water partition coefficient (Wildman–Crippen LogP) is 1.58. The number of nitrogens with two attached hydrogens (primary N) is 1. The fourth-order valence-electron chi connectivity index (χ4n) is 2.51. The molecular formula is C15H21N3O3. The van der Waals surface area contributed by atoms with Crippen LogP contribution in [0.5, 0.6) is 5.75 Å². The van der Waals surface area contributed by atoms with Crippen LogP contribution in [0.4, 0.5) is 0 Å². The molecule has 0 saturated heterocycles. The third-order valence-electron chi connectivity index (χ3n) is 3.70. The molecule has 0 bridgehead atoms. The van der Waals surface area contributed by atoms with Crippen molar-refractivity contribution in [3.63, 3.8) is 0 Å². The highest BCUT2D eigenvalue weighted by atomic mass is 16.5. The average molecular weight is 291 g/mol. The van der Waals surface area contributed by atoms with Crippen molar-refractivity contribution in [3.8, 4) is 5.75 Å². The van der Waals surface area contributed by atoms with Gasteiger partial charge in [-0.3, -0.25) is 4.79 Å². The molecule has 0 saturated carbocycles. The average Bonchev–Trinajstić information content (AvgIpc) is 2.53. The van der Waals surface area contributed by atoms with Crippen LogP contribution in [0.2, 0.25) is 0 Å². The summed E-state index contributed by atoms with van der Waals surface area (Å²) in [6.07, 6.45) is 1.71. The number of amidine groups is 1. The van der Waals surface area contributed by atoms with E-state index in [1.54, 1.807) is 0 Å². The van der Waals surface area contributed by atoms with Gasteiger partial charge in [0.15, 0.2) is 0 Å². The molecule has 6 heteroatoms. The van der Waals surface area contributed by atoms with Gasteiger partial charge >= 0.3 is 0 Å². The molecule has 1 heterocycles. The first-order valence-electron chi connectivity index (χ1n) is 7.14. The third kappa shape index (κ3) is 3.65. The van der Waals surface area contributed by atoms with E-state index in [1.807, 2.05) is 31.2 Å². The highest BCUT2D eigenvalue weighted by Gasteiger charge is 2.28. The van der Waals surface area contributed by atoms with E-state index in [0.717, 1.165) is 11.3 Å². The number of benzene rings is 1. The number of oxime groups is 1. The molecule has 1 aliphatic rings. The lowest BCUT2D eigenvalue weighted by Gasteiger charge is -2.27. The Morgan fingerprint density at radius 2 is 2.33 bits per heavy atom. The minimum Gasteiger partial charge on any atom is -0.493 e. The van der Waals surface area contributed by atoms with Crippen molar-refractivity contribution < 1.29 is 14.7 Å². The lowest BCUT2D eigenvalue weighted by Crippen LogP contribution is -2.41. The lowest BCUT2D eigenvalue weighted by molar-refractivity contribution is -0.123. The van der Waals surface area contributed by atoms with E-state index in [2.05, 4.69) is 10.5 Å². The van der Waals surface area contributed by atoms with E-state index < -0.39 is 0 Å². The Kier molecular flexibility index (Phi) is 5.03. The van der Waals surface area contributed by atoms with Gasteiger partial charge in [0.1, 0.15) is 11.6 Å². The van der Waals surface area contributed by atoms with Crippen molar-refractivity contribution in [1.82, 2.24) is 5.32 Å². The summed E-state index contributed by atoms with van der Waals surface area (Å²) in [5.41, 5.74) is 6.43. The van der Waals surface area contributed by atoms with Gasteiger partial charge in [-0.15, -0.1) is 0 Å². The monoisotopic (exact) mass is 291 g/mol. The van der Waals surface area contributed by atoms with Gasteiger partial charge in [0.25, 0.3) is 0 Å². The van der Waals surface area contributed by atoms with Crippen molar-refractivity contribution in [3.05, 3.63) is 29.8 Å². The summed E-state index contributed by atoms with van der Waals surface area (Å²) >= 11 is 0. The minimum absolute atomic E-state index is 0.0386. The molecule has 4 N–H and O–H groups in total. The van der Waals surface area contributed by atoms with Gasteiger partial charge in [-0.1, -0.05) is 30.3 Å². The Labute approximate surface area is 124 Å². The molecular weight excluding hydrogens is 270 g/mol. The normalized spacial score (nSPS) is 19.3. The second-order valence-corrected chi connectivity index (χ2v) is 5.14. The fourth-order valence-corrected chi connectivity index (χ4v) is 2.51. The quantitative estimate of drug-likeness (QED) is 0.332. The molecule has 0 spiro atoms. The maximum Gasteiger partial charge on any atom is 0.228 e. The van der Waals surface area contributed by atoms with E-state index >= 15 is 0 Å².